The summed E-state index contributed by atoms with van der Waals surface area (Å²) in [6.07, 6.45) is 14.4. The number of unbranched alkanes of at least 4 members (excludes halogenated alkanes) is 5. The van der Waals surface area contributed by atoms with Crippen molar-refractivity contribution >= 4 is 0 Å². The van der Waals surface area contributed by atoms with Crippen molar-refractivity contribution in [2.45, 2.75) is 64.4 Å². The van der Waals surface area contributed by atoms with Gasteiger partial charge in [-0.25, -0.2) is 0 Å². The molecule has 0 amide bonds. The normalized spacial score (nSPS) is 25.9. The molecular weight excluding hydrogens is 172 g/mol. The van der Waals surface area contributed by atoms with E-state index in [-0.39, 0.29) is 6.10 Å². The van der Waals surface area contributed by atoms with Crippen molar-refractivity contribution in [3.05, 3.63) is 12.2 Å². The van der Waals surface area contributed by atoms with Gasteiger partial charge in [0.05, 0.1) is 6.10 Å². The molecule has 0 spiro atoms. The van der Waals surface area contributed by atoms with Gasteiger partial charge >= 0.3 is 0 Å². The van der Waals surface area contributed by atoms with Crippen molar-refractivity contribution < 1.29 is 5.11 Å². The van der Waals surface area contributed by atoms with E-state index in [4.69, 9.17) is 0 Å². The topological polar surface area (TPSA) is 20.2 Å². The first kappa shape index (κ1) is 11.8. The third kappa shape index (κ3) is 4.28. The van der Waals surface area contributed by atoms with E-state index in [2.05, 4.69) is 19.1 Å². The van der Waals surface area contributed by atoms with Crippen molar-refractivity contribution in [1.82, 2.24) is 0 Å². The van der Waals surface area contributed by atoms with Crippen LogP contribution in [0.5, 0.6) is 0 Å². The Morgan fingerprint density at radius 1 is 1.14 bits per heavy atom. The van der Waals surface area contributed by atoms with Crippen LogP contribution in [0, 0.1) is 5.92 Å². The Bertz CT molecular complexity index is 163. The molecule has 0 aromatic rings. The van der Waals surface area contributed by atoms with Gasteiger partial charge in [-0.3, -0.25) is 0 Å². The Balaban J connectivity index is 1.91. The molecule has 2 unspecified atom stereocenters. The predicted octanol–water partition coefficient (Wildman–Crippen LogP) is 3.67. The van der Waals surface area contributed by atoms with Gasteiger partial charge in [0.2, 0.25) is 0 Å². The highest BCUT2D eigenvalue weighted by Gasteiger charge is 2.18. The van der Waals surface area contributed by atoms with Gasteiger partial charge in [-0.15, -0.1) is 0 Å². The van der Waals surface area contributed by atoms with Crippen molar-refractivity contribution in [2.75, 3.05) is 0 Å². The maximum absolute atomic E-state index is 9.57. The van der Waals surface area contributed by atoms with Crippen LogP contribution in [0.25, 0.3) is 0 Å². The molecule has 1 heteroatoms. The molecule has 0 saturated heterocycles. The molecule has 0 bridgehead atoms. The fourth-order valence-electron chi connectivity index (χ4n) is 2.14. The van der Waals surface area contributed by atoms with Crippen LogP contribution in [0.15, 0.2) is 12.2 Å². The highest BCUT2D eigenvalue weighted by molar-refractivity contribution is 5.01. The van der Waals surface area contributed by atoms with Gasteiger partial charge in [0.15, 0.2) is 0 Å². The summed E-state index contributed by atoms with van der Waals surface area (Å²) in [6, 6.07) is 0. The zero-order valence-electron chi connectivity index (χ0n) is 9.41. The molecule has 82 valence electrons. The summed E-state index contributed by atoms with van der Waals surface area (Å²) in [6.45, 7) is 2.25. The second kappa shape index (κ2) is 7.05. The van der Waals surface area contributed by atoms with E-state index in [1.807, 2.05) is 0 Å². The summed E-state index contributed by atoms with van der Waals surface area (Å²) in [4.78, 5) is 0. The Labute approximate surface area is 88.2 Å². The highest BCUT2D eigenvalue weighted by atomic mass is 16.3. The van der Waals surface area contributed by atoms with Crippen LogP contribution in [0.4, 0.5) is 0 Å². The Hall–Kier alpha value is -0.300. The van der Waals surface area contributed by atoms with Crippen LogP contribution in [0.2, 0.25) is 0 Å². The molecule has 1 nitrogen and oxygen atoms in total. The zero-order valence-corrected chi connectivity index (χ0v) is 9.41. The predicted molar refractivity (Wildman–Crippen MR) is 61.2 cm³/mol. The summed E-state index contributed by atoms with van der Waals surface area (Å²) in [7, 11) is 0. The summed E-state index contributed by atoms with van der Waals surface area (Å²) < 4.78 is 0. The number of hydrogen-bond acceptors (Lipinski definition) is 1. The van der Waals surface area contributed by atoms with E-state index in [1.54, 1.807) is 0 Å². The lowest BCUT2D eigenvalue weighted by atomic mass is 9.98. The highest BCUT2D eigenvalue weighted by Crippen LogP contribution is 2.23. The summed E-state index contributed by atoms with van der Waals surface area (Å²) >= 11 is 0. The average Bonchev–Trinajstić information content (AvgIpc) is 2.58. The largest absolute Gasteiger partial charge is 0.392 e. The molecular formula is C13H24O. The smallest absolute Gasteiger partial charge is 0.0637 e. The number of aliphatic hydroxyl groups is 1. The molecule has 1 rings (SSSR count). The molecule has 1 N–H and O–H groups in total. The number of rotatable bonds is 7. The second-order valence-electron chi connectivity index (χ2n) is 4.45. The fourth-order valence-corrected chi connectivity index (χ4v) is 2.14. The zero-order chi connectivity index (χ0) is 10.2. The van der Waals surface area contributed by atoms with Gasteiger partial charge < -0.3 is 5.11 Å². The average molecular weight is 196 g/mol. The fraction of sp³-hybridized carbons (Fsp3) is 0.846. The summed E-state index contributed by atoms with van der Waals surface area (Å²) in [5, 5.41) is 9.57. The van der Waals surface area contributed by atoms with Gasteiger partial charge in [0.1, 0.15) is 0 Å². The first-order chi connectivity index (χ1) is 6.84. The van der Waals surface area contributed by atoms with Gasteiger partial charge in [0, 0.05) is 5.92 Å². The monoisotopic (exact) mass is 196 g/mol. The molecule has 1 aliphatic carbocycles. The number of aliphatic hydroxyl groups excluding tert-OH is 1. The minimum absolute atomic E-state index is 0.0781. The van der Waals surface area contributed by atoms with Crippen molar-refractivity contribution in [1.29, 1.82) is 0 Å². The van der Waals surface area contributed by atoms with Gasteiger partial charge in [-0.2, -0.15) is 0 Å². The van der Waals surface area contributed by atoms with Crippen LogP contribution in [-0.2, 0) is 0 Å². The molecule has 0 fully saturated rings. The van der Waals surface area contributed by atoms with E-state index in [1.165, 1.54) is 44.9 Å². The van der Waals surface area contributed by atoms with Crippen LogP contribution >= 0.6 is 0 Å². The minimum Gasteiger partial charge on any atom is -0.392 e. The lowest BCUT2D eigenvalue weighted by Crippen LogP contribution is -2.12. The SMILES string of the molecule is CCCCCCCCC1C=CCC1O. The molecule has 0 aromatic carbocycles. The minimum atomic E-state index is -0.0781. The summed E-state index contributed by atoms with van der Waals surface area (Å²) in [5.74, 6) is 0.459. The third-order valence-corrected chi connectivity index (χ3v) is 3.15. The van der Waals surface area contributed by atoms with Crippen molar-refractivity contribution in [2.24, 2.45) is 5.92 Å². The molecule has 0 saturated carbocycles. The Kier molecular flexibility index (Phi) is 5.93. The first-order valence-corrected chi connectivity index (χ1v) is 6.19. The number of hydrogen-bond donors (Lipinski definition) is 1. The molecule has 1 aliphatic rings. The van der Waals surface area contributed by atoms with Gasteiger partial charge in [0.25, 0.3) is 0 Å². The maximum Gasteiger partial charge on any atom is 0.0637 e. The Morgan fingerprint density at radius 3 is 2.50 bits per heavy atom. The van der Waals surface area contributed by atoms with Crippen LogP contribution in [-0.4, -0.2) is 11.2 Å². The van der Waals surface area contributed by atoms with Crippen LogP contribution < -0.4 is 0 Å². The molecule has 0 radical (unpaired) electrons. The quantitative estimate of drug-likeness (QED) is 0.486. The second-order valence-corrected chi connectivity index (χ2v) is 4.45. The van der Waals surface area contributed by atoms with Crippen molar-refractivity contribution in [3.63, 3.8) is 0 Å². The first-order valence-electron chi connectivity index (χ1n) is 6.19. The van der Waals surface area contributed by atoms with Gasteiger partial charge in [-0.1, -0.05) is 57.6 Å². The van der Waals surface area contributed by atoms with E-state index >= 15 is 0 Å². The Morgan fingerprint density at radius 2 is 1.86 bits per heavy atom. The molecule has 2 atom stereocenters. The van der Waals surface area contributed by atoms with E-state index in [9.17, 15) is 5.11 Å². The van der Waals surface area contributed by atoms with Crippen LogP contribution in [0.3, 0.4) is 0 Å². The molecule has 14 heavy (non-hydrogen) atoms. The lowest BCUT2D eigenvalue weighted by molar-refractivity contribution is 0.137. The lowest BCUT2D eigenvalue weighted by Gasteiger charge is -2.12. The standard InChI is InChI=1S/C13H24O/c1-2-3-4-5-6-7-9-12-10-8-11-13(12)14/h8,10,12-14H,2-7,9,11H2,1H3. The van der Waals surface area contributed by atoms with E-state index < -0.39 is 0 Å². The molecule has 0 heterocycles. The molecule has 0 aliphatic heterocycles. The van der Waals surface area contributed by atoms with E-state index in [0.29, 0.717) is 5.92 Å². The van der Waals surface area contributed by atoms with Crippen molar-refractivity contribution in [3.8, 4) is 0 Å². The van der Waals surface area contributed by atoms with Gasteiger partial charge in [-0.05, 0) is 12.8 Å². The summed E-state index contributed by atoms with van der Waals surface area (Å²) in [5.41, 5.74) is 0. The molecule has 0 aromatic heterocycles. The van der Waals surface area contributed by atoms with E-state index in [0.717, 1.165) is 6.42 Å². The third-order valence-electron chi connectivity index (χ3n) is 3.15. The van der Waals surface area contributed by atoms with Crippen LogP contribution in [0.1, 0.15) is 58.3 Å². The maximum atomic E-state index is 9.57.